The minimum Gasteiger partial charge on any atom is -0.494 e. The molecule has 1 heterocycles. The second-order valence-electron chi connectivity index (χ2n) is 4.42. The number of hydrogen-bond acceptors (Lipinski definition) is 3. The molecule has 0 bridgehead atoms. The average Bonchev–Trinajstić information content (AvgIpc) is 2.65. The van der Waals surface area contributed by atoms with E-state index < -0.39 is 5.82 Å². The Bertz CT molecular complexity index is 667. The van der Waals surface area contributed by atoms with Crippen LogP contribution in [0.5, 0.6) is 5.75 Å². The highest BCUT2D eigenvalue weighted by Crippen LogP contribution is 2.23. The van der Waals surface area contributed by atoms with Gasteiger partial charge in [0.05, 0.1) is 29.4 Å². The molecule has 0 aliphatic heterocycles. The number of ether oxygens (including phenoxy) is 1. The minimum absolute atomic E-state index is 0.124. The van der Waals surface area contributed by atoms with Gasteiger partial charge in [-0.3, -0.25) is 9.48 Å². The Kier molecular flexibility index (Phi) is 4.23. The highest BCUT2D eigenvalue weighted by molar-refractivity contribution is 9.10. The first kappa shape index (κ1) is 14.7. The summed E-state index contributed by atoms with van der Waals surface area (Å²) in [5.41, 5.74) is 1.90. The van der Waals surface area contributed by atoms with Crippen LogP contribution in [0.2, 0.25) is 0 Å². The van der Waals surface area contributed by atoms with Crippen molar-refractivity contribution >= 4 is 21.7 Å². The van der Waals surface area contributed by atoms with Crippen molar-refractivity contribution in [3.8, 4) is 5.75 Å². The number of carbonyl (C=O) groups is 1. The number of halogens is 2. The van der Waals surface area contributed by atoms with Gasteiger partial charge in [0.25, 0.3) is 0 Å². The van der Waals surface area contributed by atoms with E-state index in [0.29, 0.717) is 5.56 Å². The lowest BCUT2D eigenvalue weighted by Gasteiger charge is -2.05. The fourth-order valence-corrected chi connectivity index (χ4v) is 2.44. The fraction of sp³-hybridized carbons (Fsp3) is 0.286. The molecule has 0 aliphatic rings. The molecule has 0 N–H and O–H groups in total. The highest BCUT2D eigenvalue weighted by Gasteiger charge is 2.17. The standard InChI is InChI=1S/C14H14BrFN2O2/c1-8-14(15)11(18(2)17-8)7-12(19)9-4-5-13(20-3)10(16)6-9/h4-6H,7H2,1-3H3. The minimum atomic E-state index is -0.543. The van der Waals surface area contributed by atoms with E-state index in [9.17, 15) is 9.18 Å². The number of nitrogens with zero attached hydrogens (tertiary/aromatic N) is 2. The predicted octanol–water partition coefficient (Wildman–Crippen LogP) is 3.06. The van der Waals surface area contributed by atoms with Gasteiger partial charge in [0, 0.05) is 12.6 Å². The van der Waals surface area contributed by atoms with Gasteiger partial charge in [0.15, 0.2) is 17.3 Å². The SMILES string of the molecule is COc1ccc(C(=O)Cc2c(Br)c(C)nn2C)cc1F. The zero-order chi connectivity index (χ0) is 14.9. The lowest BCUT2D eigenvalue weighted by Crippen LogP contribution is -2.09. The summed E-state index contributed by atoms with van der Waals surface area (Å²) >= 11 is 3.41. The molecule has 0 radical (unpaired) electrons. The van der Waals surface area contributed by atoms with E-state index in [1.807, 2.05) is 6.92 Å². The van der Waals surface area contributed by atoms with Crippen LogP contribution >= 0.6 is 15.9 Å². The van der Waals surface area contributed by atoms with E-state index in [-0.39, 0.29) is 18.0 Å². The smallest absolute Gasteiger partial charge is 0.168 e. The van der Waals surface area contributed by atoms with Crippen molar-refractivity contribution in [1.82, 2.24) is 9.78 Å². The van der Waals surface area contributed by atoms with E-state index in [1.54, 1.807) is 17.8 Å². The van der Waals surface area contributed by atoms with E-state index in [2.05, 4.69) is 21.0 Å². The molecule has 6 heteroatoms. The summed E-state index contributed by atoms with van der Waals surface area (Å²) < 4.78 is 20.9. The Morgan fingerprint density at radius 3 is 2.70 bits per heavy atom. The van der Waals surface area contributed by atoms with E-state index in [4.69, 9.17) is 4.74 Å². The maximum Gasteiger partial charge on any atom is 0.168 e. The van der Waals surface area contributed by atoms with Gasteiger partial charge in [-0.15, -0.1) is 0 Å². The number of ketones is 1. The number of aromatic nitrogens is 2. The third-order valence-corrected chi connectivity index (χ3v) is 4.09. The van der Waals surface area contributed by atoms with Crippen LogP contribution < -0.4 is 4.74 Å². The summed E-state index contributed by atoms with van der Waals surface area (Å²) in [7, 11) is 3.16. The Morgan fingerprint density at radius 2 is 2.20 bits per heavy atom. The first-order valence-electron chi connectivity index (χ1n) is 5.98. The summed E-state index contributed by atoms with van der Waals surface area (Å²) in [5.74, 6) is -0.590. The molecule has 2 aromatic rings. The molecule has 0 saturated heterocycles. The van der Waals surface area contributed by atoms with Gasteiger partial charge >= 0.3 is 0 Å². The number of benzene rings is 1. The number of Topliss-reactive ketones (excluding diaryl/α,β-unsaturated/α-hetero) is 1. The molecule has 4 nitrogen and oxygen atoms in total. The number of hydrogen-bond donors (Lipinski definition) is 0. The van der Waals surface area contributed by atoms with Gasteiger partial charge in [0.2, 0.25) is 0 Å². The van der Waals surface area contributed by atoms with Crippen LogP contribution in [0, 0.1) is 12.7 Å². The first-order valence-corrected chi connectivity index (χ1v) is 6.78. The third-order valence-electron chi connectivity index (χ3n) is 3.06. The monoisotopic (exact) mass is 340 g/mol. The Balaban J connectivity index is 2.26. The topological polar surface area (TPSA) is 44.1 Å². The second kappa shape index (κ2) is 5.75. The molecule has 0 saturated carbocycles. The van der Waals surface area contributed by atoms with Crippen molar-refractivity contribution in [2.24, 2.45) is 7.05 Å². The predicted molar refractivity (Wildman–Crippen MR) is 76.6 cm³/mol. The van der Waals surface area contributed by atoms with E-state index in [1.165, 1.54) is 19.2 Å². The van der Waals surface area contributed by atoms with Crippen LogP contribution in [-0.2, 0) is 13.5 Å². The summed E-state index contributed by atoms with van der Waals surface area (Å²) in [6.07, 6.45) is 0.156. The fourth-order valence-electron chi connectivity index (χ4n) is 1.97. The van der Waals surface area contributed by atoms with Gasteiger partial charge < -0.3 is 4.74 Å². The Morgan fingerprint density at radius 1 is 1.50 bits per heavy atom. The number of aryl methyl sites for hydroxylation is 2. The summed E-state index contributed by atoms with van der Waals surface area (Å²) in [5, 5.41) is 4.23. The second-order valence-corrected chi connectivity index (χ2v) is 5.21. The summed E-state index contributed by atoms with van der Waals surface area (Å²) in [6, 6.07) is 4.20. The maximum absolute atomic E-state index is 13.6. The molecule has 106 valence electrons. The van der Waals surface area contributed by atoms with E-state index >= 15 is 0 Å². The summed E-state index contributed by atoms with van der Waals surface area (Å²) in [4.78, 5) is 12.2. The van der Waals surface area contributed by atoms with Crippen LogP contribution in [0.25, 0.3) is 0 Å². The zero-order valence-electron chi connectivity index (χ0n) is 11.4. The van der Waals surface area contributed by atoms with Crippen LogP contribution in [0.3, 0.4) is 0 Å². The largest absolute Gasteiger partial charge is 0.494 e. The molecule has 1 aromatic carbocycles. The molecule has 0 unspecified atom stereocenters. The molecule has 0 fully saturated rings. The van der Waals surface area contributed by atoms with Crippen molar-refractivity contribution in [2.75, 3.05) is 7.11 Å². The van der Waals surface area contributed by atoms with Crippen molar-refractivity contribution < 1.29 is 13.9 Å². The van der Waals surface area contributed by atoms with Crippen molar-refractivity contribution in [3.05, 3.63) is 45.4 Å². The number of carbonyl (C=O) groups excluding carboxylic acids is 1. The molecule has 20 heavy (non-hydrogen) atoms. The van der Waals surface area contributed by atoms with Crippen LogP contribution in [-0.4, -0.2) is 22.7 Å². The van der Waals surface area contributed by atoms with Crippen LogP contribution in [0.15, 0.2) is 22.7 Å². The lowest BCUT2D eigenvalue weighted by molar-refractivity contribution is 0.0990. The van der Waals surface area contributed by atoms with Gasteiger partial charge in [-0.2, -0.15) is 5.10 Å². The zero-order valence-corrected chi connectivity index (χ0v) is 13.0. The van der Waals surface area contributed by atoms with Gasteiger partial charge in [-0.1, -0.05) is 0 Å². The average molecular weight is 341 g/mol. The molecule has 0 atom stereocenters. The molecule has 0 amide bonds. The van der Waals surface area contributed by atoms with Gasteiger partial charge in [-0.25, -0.2) is 4.39 Å². The molecule has 1 aromatic heterocycles. The number of methoxy groups -OCH3 is 1. The molecule has 0 aliphatic carbocycles. The number of rotatable bonds is 4. The van der Waals surface area contributed by atoms with Crippen LogP contribution in [0.1, 0.15) is 21.7 Å². The Labute approximate surface area is 124 Å². The maximum atomic E-state index is 13.6. The third kappa shape index (κ3) is 2.75. The molecule has 2 rings (SSSR count). The normalized spacial score (nSPS) is 10.7. The molecular weight excluding hydrogens is 327 g/mol. The first-order chi connectivity index (χ1) is 9.43. The summed E-state index contributed by atoms with van der Waals surface area (Å²) in [6.45, 7) is 1.85. The van der Waals surface area contributed by atoms with Gasteiger partial charge in [-0.05, 0) is 41.1 Å². The van der Waals surface area contributed by atoms with Crippen molar-refractivity contribution in [3.63, 3.8) is 0 Å². The Hall–Kier alpha value is -1.69. The van der Waals surface area contributed by atoms with Crippen LogP contribution in [0.4, 0.5) is 4.39 Å². The quantitative estimate of drug-likeness (QED) is 0.803. The van der Waals surface area contributed by atoms with Crippen molar-refractivity contribution in [1.29, 1.82) is 0 Å². The lowest BCUT2D eigenvalue weighted by atomic mass is 10.1. The molecule has 0 spiro atoms. The highest BCUT2D eigenvalue weighted by atomic mass is 79.9. The van der Waals surface area contributed by atoms with Crippen molar-refractivity contribution in [2.45, 2.75) is 13.3 Å². The van der Waals surface area contributed by atoms with Gasteiger partial charge in [0.1, 0.15) is 0 Å². The molecular formula is C14H14BrFN2O2. The van der Waals surface area contributed by atoms with E-state index in [0.717, 1.165) is 15.9 Å².